The molecule has 0 radical (unpaired) electrons. The molecule has 2 aliphatic rings. The van der Waals surface area contributed by atoms with Gasteiger partial charge in [0.15, 0.2) is 17.6 Å². The van der Waals surface area contributed by atoms with E-state index in [1.54, 1.807) is 31.4 Å². The largest absolute Gasteiger partial charge is 0.493 e. The average Bonchev–Trinajstić information content (AvgIpc) is 3.64. The topological polar surface area (TPSA) is 171 Å². The van der Waals surface area contributed by atoms with Crippen LogP contribution < -0.4 is 24.8 Å². The Hall–Kier alpha value is -5.14. The predicted molar refractivity (Wildman–Crippen MR) is 180 cm³/mol. The summed E-state index contributed by atoms with van der Waals surface area (Å²) in [4.78, 5) is 18.3. The van der Waals surface area contributed by atoms with Crippen molar-refractivity contribution in [2.45, 2.75) is 51.5 Å². The van der Waals surface area contributed by atoms with E-state index in [-0.39, 0.29) is 38.4 Å². The summed E-state index contributed by atoms with van der Waals surface area (Å²) < 4.78 is 17.6. The Morgan fingerprint density at radius 1 is 0.776 bits per heavy atom. The number of ether oxygens (including phenoxy) is 3. The van der Waals surface area contributed by atoms with Gasteiger partial charge in [-0.3, -0.25) is 4.79 Å². The van der Waals surface area contributed by atoms with E-state index >= 15 is 0 Å². The molecule has 12 heteroatoms. The lowest BCUT2D eigenvalue weighted by atomic mass is 9.94. The maximum absolute atomic E-state index is 12.6. The Labute approximate surface area is 283 Å². The molecular weight excluding hydrogens is 630 g/mol. The van der Waals surface area contributed by atoms with Gasteiger partial charge in [-0.2, -0.15) is 0 Å². The zero-order valence-electron chi connectivity index (χ0n) is 27.0. The number of nitrogens with zero attached hydrogens (tertiary/aromatic N) is 1. The zero-order valence-corrected chi connectivity index (χ0v) is 27.0. The van der Waals surface area contributed by atoms with Gasteiger partial charge in [0.1, 0.15) is 11.9 Å². The third-order valence-corrected chi connectivity index (χ3v) is 8.63. The molecule has 2 atom stereocenters. The highest BCUT2D eigenvalue weighted by molar-refractivity contribution is 6.02. The fourth-order valence-corrected chi connectivity index (χ4v) is 6.02. The molecule has 2 aliphatic heterocycles. The number of carbonyl (C=O) groups excluding carboxylic acids is 1. The molecule has 6 rings (SSSR count). The molecule has 4 aromatic carbocycles. The van der Waals surface area contributed by atoms with Crippen molar-refractivity contribution >= 4 is 17.3 Å². The highest BCUT2D eigenvalue weighted by atomic mass is 16.6. The maximum atomic E-state index is 12.6. The van der Waals surface area contributed by atoms with Crippen LogP contribution in [-0.4, -0.2) is 52.4 Å². The van der Waals surface area contributed by atoms with Crippen LogP contribution in [0.1, 0.15) is 74.4 Å². The lowest BCUT2D eigenvalue weighted by molar-refractivity contribution is 0.0854. The number of nitrogens with one attached hydrogen (secondary N) is 2. The van der Waals surface area contributed by atoms with Crippen molar-refractivity contribution in [1.29, 1.82) is 0 Å². The van der Waals surface area contributed by atoms with Crippen molar-refractivity contribution in [2.75, 3.05) is 25.6 Å². The van der Waals surface area contributed by atoms with Crippen LogP contribution >= 0.6 is 0 Å². The van der Waals surface area contributed by atoms with Crippen LogP contribution in [0, 0.1) is 0 Å². The van der Waals surface area contributed by atoms with E-state index in [1.165, 1.54) is 0 Å². The highest BCUT2D eigenvalue weighted by Crippen LogP contribution is 2.36. The molecule has 0 fully saturated rings. The number of rotatable bonds is 14. The zero-order chi connectivity index (χ0) is 34.3. The molecule has 6 N–H and O–H groups in total. The fraction of sp³-hybridized carbons (Fsp3) is 0.297. The van der Waals surface area contributed by atoms with E-state index < -0.39 is 6.17 Å². The van der Waals surface area contributed by atoms with Crippen molar-refractivity contribution < 1.29 is 44.3 Å². The first-order valence-corrected chi connectivity index (χ1v) is 16.0. The lowest BCUT2D eigenvalue weighted by Crippen LogP contribution is -2.38. The number of fused-ring (bicyclic) bond motifs is 1. The molecule has 0 spiro atoms. The van der Waals surface area contributed by atoms with E-state index in [0.29, 0.717) is 82.4 Å². The third-order valence-electron chi connectivity index (χ3n) is 8.63. The van der Waals surface area contributed by atoms with Crippen LogP contribution in [0.5, 0.6) is 17.2 Å². The summed E-state index contributed by atoms with van der Waals surface area (Å²) in [5.74, 6) is 1.48. The summed E-state index contributed by atoms with van der Waals surface area (Å²) >= 11 is 0. The summed E-state index contributed by atoms with van der Waals surface area (Å²) in [7, 11) is 1.57. The molecular formula is C37H39N3O9. The Kier molecular flexibility index (Phi) is 10.6. The van der Waals surface area contributed by atoms with Gasteiger partial charge in [-0.05, 0) is 76.3 Å². The molecule has 256 valence electrons. The second kappa shape index (κ2) is 15.4. The smallest absolute Gasteiger partial charge is 0.255 e. The molecule has 0 saturated carbocycles. The van der Waals surface area contributed by atoms with Crippen LogP contribution in [-0.2, 0) is 31.3 Å². The van der Waals surface area contributed by atoms with Gasteiger partial charge in [0.2, 0.25) is 0 Å². The van der Waals surface area contributed by atoms with Gasteiger partial charge in [-0.15, -0.1) is 0 Å². The number of methoxy groups -OCH3 is 1. The van der Waals surface area contributed by atoms with E-state index in [4.69, 9.17) is 19.0 Å². The molecule has 0 aliphatic carbocycles. The molecule has 4 aromatic rings. The van der Waals surface area contributed by atoms with Gasteiger partial charge in [0.05, 0.1) is 58.0 Å². The van der Waals surface area contributed by atoms with Crippen molar-refractivity contribution in [3.63, 3.8) is 0 Å². The van der Waals surface area contributed by atoms with Gasteiger partial charge in [0, 0.05) is 29.7 Å². The second-order valence-electron chi connectivity index (χ2n) is 11.7. The molecule has 0 bridgehead atoms. The van der Waals surface area contributed by atoms with Gasteiger partial charge < -0.3 is 50.1 Å². The summed E-state index contributed by atoms with van der Waals surface area (Å²) in [6, 6.07) is 21.8. The van der Waals surface area contributed by atoms with E-state index in [1.807, 2.05) is 48.5 Å². The lowest BCUT2D eigenvalue weighted by Gasteiger charge is -2.28. The second-order valence-corrected chi connectivity index (χ2v) is 11.7. The fourth-order valence-electron chi connectivity index (χ4n) is 6.02. The van der Waals surface area contributed by atoms with Gasteiger partial charge >= 0.3 is 0 Å². The number of benzene rings is 4. The van der Waals surface area contributed by atoms with Crippen LogP contribution in [0.2, 0.25) is 0 Å². The van der Waals surface area contributed by atoms with Crippen molar-refractivity contribution in [3.8, 4) is 17.2 Å². The minimum Gasteiger partial charge on any atom is -0.493 e. The summed E-state index contributed by atoms with van der Waals surface area (Å²) in [6.07, 6.45) is 0.182. The van der Waals surface area contributed by atoms with Crippen LogP contribution in [0.4, 0.5) is 5.69 Å². The molecule has 1 amide bonds. The molecule has 49 heavy (non-hydrogen) atoms. The first-order valence-electron chi connectivity index (χ1n) is 16.0. The predicted octanol–water partition coefficient (Wildman–Crippen LogP) is 4.23. The molecule has 2 unspecified atom stereocenters. The monoisotopic (exact) mass is 669 g/mol. The molecule has 12 nitrogen and oxygen atoms in total. The first-order chi connectivity index (χ1) is 24.0. The Morgan fingerprint density at radius 3 is 2.18 bits per heavy atom. The normalized spacial score (nSPS) is 16.6. The number of amides is 1. The number of para-hydroxylation sites is 1. The van der Waals surface area contributed by atoms with Crippen LogP contribution in [0.15, 0.2) is 78.0 Å². The Morgan fingerprint density at radius 2 is 1.47 bits per heavy atom. The SMILES string of the molecule is COc1ccc(C2CC(c3cc(CO)c(CO)c(CO)c3)=NO2)cc1OCCCOc1ccc(C2NC(=O)c3ccccc3N2)cc1CO. The number of aliphatic hydroxyl groups excluding tert-OH is 4. The maximum Gasteiger partial charge on any atom is 0.255 e. The molecule has 0 saturated heterocycles. The van der Waals surface area contributed by atoms with Crippen LogP contribution in [0.25, 0.3) is 0 Å². The van der Waals surface area contributed by atoms with Crippen molar-refractivity contribution in [3.05, 3.63) is 117 Å². The van der Waals surface area contributed by atoms with Gasteiger partial charge in [0.25, 0.3) is 5.91 Å². The average molecular weight is 670 g/mol. The molecule has 0 aromatic heterocycles. The highest BCUT2D eigenvalue weighted by Gasteiger charge is 2.27. The third kappa shape index (κ3) is 7.32. The standard InChI is InChI=1S/C37H39N3O9/c1-46-33-10-7-22(34-17-31(40-49-34)24-14-25(18-41)29(21-44)26(15-24)19-42)16-35(33)48-12-4-11-47-32-9-8-23(13-27(32)20-43)36-38-30-6-3-2-5-28(30)37(45)39-36/h2-3,5-10,13-16,34,36,38,41-44H,4,11-12,17-21H2,1H3,(H,39,45). The Balaban J connectivity index is 1.04. The quantitative estimate of drug-likeness (QED) is 0.107. The van der Waals surface area contributed by atoms with Gasteiger partial charge in [-0.25, -0.2) is 0 Å². The number of hydrogen-bond donors (Lipinski definition) is 6. The van der Waals surface area contributed by atoms with E-state index in [0.717, 1.165) is 16.8 Å². The summed E-state index contributed by atoms with van der Waals surface area (Å²) in [6.45, 7) is -0.392. The Bertz CT molecular complexity index is 1820. The first kappa shape index (κ1) is 33.7. The minimum atomic E-state index is -0.440. The van der Waals surface area contributed by atoms with Crippen molar-refractivity contribution in [1.82, 2.24) is 5.32 Å². The van der Waals surface area contributed by atoms with E-state index in [9.17, 15) is 25.2 Å². The number of oxime groups is 1. The summed E-state index contributed by atoms with van der Waals surface area (Å²) in [5, 5.41) is 49.9. The van der Waals surface area contributed by atoms with Crippen molar-refractivity contribution in [2.24, 2.45) is 5.16 Å². The molecule has 2 heterocycles. The number of hydrogen-bond acceptors (Lipinski definition) is 11. The number of aliphatic hydroxyl groups is 4. The van der Waals surface area contributed by atoms with Crippen LogP contribution in [0.3, 0.4) is 0 Å². The number of anilines is 1. The van der Waals surface area contributed by atoms with Gasteiger partial charge in [-0.1, -0.05) is 29.4 Å². The van der Waals surface area contributed by atoms with E-state index in [2.05, 4.69) is 15.8 Å². The minimum absolute atomic E-state index is 0.166. The summed E-state index contributed by atoms with van der Waals surface area (Å²) in [5.41, 5.74) is 6.50. The number of carbonyl (C=O) groups is 1.